The van der Waals surface area contributed by atoms with Crippen LogP contribution in [0.25, 0.3) is 6.08 Å². The van der Waals surface area contributed by atoms with Gasteiger partial charge in [0, 0.05) is 35.4 Å². The maximum Gasteiger partial charge on any atom is 0.0667 e. The van der Waals surface area contributed by atoms with Gasteiger partial charge in [0.05, 0.1) is 6.04 Å². The average molecular weight is 333 g/mol. The van der Waals surface area contributed by atoms with E-state index in [4.69, 9.17) is 23.2 Å². The van der Waals surface area contributed by atoms with Crippen molar-refractivity contribution in [3.8, 4) is 0 Å². The van der Waals surface area contributed by atoms with Gasteiger partial charge >= 0.3 is 0 Å². The van der Waals surface area contributed by atoms with Gasteiger partial charge in [0.15, 0.2) is 0 Å². The predicted molar refractivity (Wildman–Crippen MR) is 96.0 cm³/mol. The largest absolute Gasteiger partial charge is 0.361 e. The van der Waals surface area contributed by atoms with Gasteiger partial charge in [-0.15, -0.1) is 0 Å². The number of hydrogen-bond acceptors (Lipinski definition) is 2. The Morgan fingerprint density at radius 1 is 1.09 bits per heavy atom. The molecule has 2 aromatic rings. The van der Waals surface area contributed by atoms with E-state index in [1.54, 1.807) is 0 Å². The third-order valence-corrected chi connectivity index (χ3v) is 4.50. The molecule has 0 aromatic heterocycles. The third kappa shape index (κ3) is 3.14. The van der Waals surface area contributed by atoms with E-state index in [0.717, 1.165) is 35.2 Å². The van der Waals surface area contributed by atoms with E-state index < -0.39 is 0 Å². The van der Waals surface area contributed by atoms with Crippen molar-refractivity contribution >= 4 is 35.0 Å². The van der Waals surface area contributed by atoms with E-state index in [0.29, 0.717) is 0 Å². The molecule has 114 valence electrons. The Hall–Kier alpha value is -1.48. The van der Waals surface area contributed by atoms with Crippen molar-refractivity contribution < 1.29 is 0 Å². The number of anilines is 1. The molecule has 0 radical (unpaired) electrons. The molecule has 22 heavy (non-hydrogen) atoms. The van der Waals surface area contributed by atoms with E-state index in [9.17, 15) is 0 Å². The molecule has 3 rings (SSSR count). The van der Waals surface area contributed by atoms with Crippen LogP contribution in [0.3, 0.4) is 0 Å². The highest BCUT2D eigenvalue weighted by atomic mass is 35.5. The van der Waals surface area contributed by atoms with Crippen LogP contribution in [-0.2, 0) is 0 Å². The molecule has 1 aliphatic rings. The van der Waals surface area contributed by atoms with E-state index in [1.807, 2.05) is 30.3 Å². The zero-order chi connectivity index (χ0) is 15.5. The number of halogens is 2. The lowest BCUT2D eigenvalue weighted by atomic mass is 10.0. The number of nitrogens with one attached hydrogen (secondary N) is 1. The molecule has 0 aliphatic carbocycles. The topological polar surface area (TPSA) is 15.3 Å². The molecule has 1 N–H and O–H groups in total. The van der Waals surface area contributed by atoms with Crippen molar-refractivity contribution in [2.45, 2.75) is 6.04 Å². The van der Waals surface area contributed by atoms with Crippen LogP contribution >= 0.6 is 23.2 Å². The summed E-state index contributed by atoms with van der Waals surface area (Å²) in [6.07, 6.45) is 1.86. The van der Waals surface area contributed by atoms with Gasteiger partial charge < -0.3 is 10.2 Å². The molecule has 0 spiro atoms. The van der Waals surface area contributed by atoms with Crippen LogP contribution in [0.1, 0.15) is 17.2 Å². The third-order valence-electron chi connectivity index (χ3n) is 4.02. The Kier molecular flexibility index (Phi) is 4.72. The smallest absolute Gasteiger partial charge is 0.0667 e. The molecule has 1 atom stereocenters. The first-order valence-electron chi connectivity index (χ1n) is 7.34. The van der Waals surface area contributed by atoms with Crippen molar-refractivity contribution in [1.29, 1.82) is 0 Å². The minimum Gasteiger partial charge on any atom is -0.361 e. The Bertz CT molecular complexity index is 667. The van der Waals surface area contributed by atoms with Crippen molar-refractivity contribution in [1.82, 2.24) is 5.32 Å². The lowest BCUT2D eigenvalue weighted by molar-refractivity contribution is 0.490. The molecule has 0 saturated carbocycles. The lowest BCUT2D eigenvalue weighted by Crippen LogP contribution is -2.46. The second kappa shape index (κ2) is 6.74. The Morgan fingerprint density at radius 3 is 2.55 bits per heavy atom. The number of hydrogen-bond donors (Lipinski definition) is 1. The minimum atomic E-state index is 0.269. The van der Waals surface area contributed by atoms with Crippen molar-refractivity contribution in [2.75, 3.05) is 24.5 Å². The highest BCUT2D eigenvalue weighted by Crippen LogP contribution is 2.33. The molecular weight excluding hydrogens is 315 g/mol. The van der Waals surface area contributed by atoms with Crippen LogP contribution in [0, 0.1) is 0 Å². The first-order chi connectivity index (χ1) is 10.7. The highest BCUT2D eigenvalue weighted by Gasteiger charge is 2.25. The summed E-state index contributed by atoms with van der Waals surface area (Å²) in [5.74, 6) is 0. The Balaban J connectivity index is 1.99. The second-order valence-electron chi connectivity index (χ2n) is 5.37. The van der Waals surface area contributed by atoms with Gasteiger partial charge in [0.25, 0.3) is 0 Å². The summed E-state index contributed by atoms with van der Waals surface area (Å²) in [5, 5.41) is 4.96. The number of rotatable bonds is 3. The van der Waals surface area contributed by atoms with E-state index in [2.05, 4.69) is 35.0 Å². The fourth-order valence-corrected chi connectivity index (χ4v) is 3.23. The van der Waals surface area contributed by atoms with Gasteiger partial charge in [0.1, 0.15) is 0 Å². The van der Waals surface area contributed by atoms with E-state index >= 15 is 0 Å². The fourth-order valence-electron chi connectivity index (χ4n) is 2.93. The summed E-state index contributed by atoms with van der Waals surface area (Å²) in [6, 6.07) is 14.3. The molecule has 4 heteroatoms. The number of piperazine rings is 1. The maximum absolute atomic E-state index is 6.11. The highest BCUT2D eigenvalue weighted by molar-refractivity contribution is 6.31. The number of benzene rings is 2. The standard InChI is InChI=1S/C18H18Cl2N2/c1-2-13-11-16(20)7-8-17(13)22-10-9-21-12-18(22)14-3-5-15(19)6-4-14/h2-8,11,18,21H,1,9-10,12H2. The van der Waals surface area contributed by atoms with Crippen LogP contribution in [0.15, 0.2) is 49.0 Å². The molecular formula is C18H18Cl2N2. The summed E-state index contributed by atoms with van der Waals surface area (Å²) < 4.78 is 0. The van der Waals surface area contributed by atoms with Gasteiger partial charge in [-0.3, -0.25) is 0 Å². The first-order valence-corrected chi connectivity index (χ1v) is 8.09. The zero-order valence-corrected chi connectivity index (χ0v) is 13.7. The first kappa shape index (κ1) is 15.4. The zero-order valence-electron chi connectivity index (χ0n) is 12.2. The summed E-state index contributed by atoms with van der Waals surface area (Å²) in [5.41, 5.74) is 3.48. The Labute approximate surface area is 141 Å². The Morgan fingerprint density at radius 2 is 1.82 bits per heavy atom. The molecule has 1 fully saturated rings. The summed E-state index contributed by atoms with van der Waals surface area (Å²) >= 11 is 12.1. The molecule has 0 amide bonds. The van der Waals surface area contributed by atoms with Crippen molar-refractivity contribution in [2.24, 2.45) is 0 Å². The monoisotopic (exact) mass is 332 g/mol. The van der Waals surface area contributed by atoms with Crippen molar-refractivity contribution in [3.05, 3.63) is 70.2 Å². The van der Waals surface area contributed by atoms with Gasteiger partial charge in [-0.1, -0.05) is 48.0 Å². The summed E-state index contributed by atoms with van der Waals surface area (Å²) in [6.45, 7) is 6.72. The van der Waals surface area contributed by atoms with Gasteiger partial charge in [-0.05, 0) is 41.5 Å². The maximum atomic E-state index is 6.11. The van der Waals surface area contributed by atoms with Gasteiger partial charge in [-0.25, -0.2) is 0 Å². The quantitative estimate of drug-likeness (QED) is 0.869. The number of nitrogens with zero attached hydrogens (tertiary/aromatic N) is 1. The van der Waals surface area contributed by atoms with Gasteiger partial charge in [0.2, 0.25) is 0 Å². The van der Waals surface area contributed by atoms with E-state index in [-0.39, 0.29) is 6.04 Å². The molecule has 1 aliphatic heterocycles. The SMILES string of the molecule is C=Cc1cc(Cl)ccc1N1CCNCC1c1ccc(Cl)cc1. The summed E-state index contributed by atoms with van der Waals surface area (Å²) in [7, 11) is 0. The molecule has 2 nitrogen and oxygen atoms in total. The molecule has 1 unspecified atom stereocenters. The van der Waals surface area contributed by atoms with Gasteiger partial charge in [-0.2, -0.15) is 0 Å². The molecule has 1 heterocycles. The summed E-state index contributed by atoms with van der Waals surface area (Å²) in [4.78, 5) is 2.41. The van der Waals surface area contributed by atoms with Crippen LogP contribution in [-0.4, -0.2) is 19.6 Å². The van der Waals surface area contributed by atoms with Crippen LogP contribution in [0.2, 0.25) is 10.0 Å². The van der Waals surface area contributed by atoms with Crippen LogP contribution < -0.4 is 10.2 Å². The molecule has 0 bridgehead atoms. The van der Waals surface area contributed by atoms with Crippen LogP contribution in [0.4, 0.5) is 5.69 Å². The molecule has 1 saturated heterocycles. The van der Waals surface area contributed by atoms with Crippen molar-refractivity contribution in [3.63, 3.8) is 0 Å². The fraction of sp³-hybridized carbons (Fsp3) is 0.222. The van der Waals surface area contributed by atoms with E-state index in [1.165, 1.54) is 11.3 Å². The lowest BCUT2D eigenvalue weighted by Gasteiger charge is -2.39. The molecule has 2 aromatic carbocycles. The predicted octanol–water partition coefficient (Wildman–Crippen LogP) is 4.79. The minimum absolute atomic E-state index is 0.269. The normalized spacial score (nSPS) is 18.3. The second-order valence-corrected chi connectivity index (χ2v) is 6.25. The van der Waals surface area contributed by atoms with Crippen LogP contribution in [0.5, 0.6) is 0 Å². The average Bonchev–Trinajstić information content (AvgIpc) is 2.55.